The lowest BCUT2D eigenvalue weighted by Crippen LogP contribution is -1.93. The quantitative estimate of drug-likeness (QED) is 0.483. The molecule has 2 aromatic rings. The highest BCUT2D eigenvalue weighted by Crippen LogP contribution is 2.30. The highest BCUT2D eigenvalue weighted by Gasteiger charge is 2.11. The molecule has 0 aliphatic carbocycles. The van der Waals surface area contributed by atoms with Crippen LogP contribution in [0.1, 0.15) is 10.4 Å². The molecule has 0 saturated carbocycles. The Morgan fingerprint density at radius 3 is 2.63 bits per heavy atom. The maximum Gasteiger partial charge on any atom is 0.273 e. The number of rotatable bonds is 4. The van der Waals surface area contributed by atoms with Crippen molar-refractivity contribution in [3.05, 3.63) is 63.2 Å². The van der Waals surface area contributed by atoms with Crippen molar-refractivity contribution in [3.8, 4) is 11.5 Å². The number of ether oxygens (including phenoxy) is 1. The van der Waals surface area contributed by atoms with Crippen molar-refractivity contribution >= 4 is 23.6 Å². The number of hydrogen-bond donors (Lipinski definition) is 0. The Balaban J connectivity index is 2.36. The molecule has 0 spiro atoms. The number of nitro benzene ring substituents is 1. The summed E-state index contributed by atoms with van der Waals surface area (Å²) in [6, 6.07) is 10.4. The minimum absolute atomic E-state index is 0.0906. The van der Waals surface area contributed by atoms with E-state index in [-0.39, 0.29) is 27.8 Å². The van der Waals surface area contributed by atoms with Crippen LogP contribution in [0.15, 0.2) is 42.5 Å². The maximum atomic E-state index is 10.9. The van der Waals surface area contributed by atoms with Crippen LogP contribution < -0.4 is 4.74 Å². The molecule has 0 atom stereocenters. The molecule has 2 aromatic carbocycles. The van der Waals surface area contributed by atoms with Crippen LogP contribution >= 0.6 is 11.6 Å². The Morgan fingerprint density at radius 2 is 1.95 bits per heavy atom. The molecule has 0 aromatic heterocycles. The zero-order valence-corrected chi connectivity index (χ0v) is 10.3. The number of nitrogens with zero attached hydrogens (tertiary/aromatic N) is 1. The molecule has 6 heteroatoms. The molecule has 0 radical (unpaired) electrons. The normalized spacial score (nSPS) is 9.95. The van der Waals surface area contributed by atoms with E-state index in [1.54, 1.807) is 24.3 Å². The van der Waals surface area contributed by atoms with Gasteiger partial charge in [-0.25, -0.2) is 0 Å². The van der Waals surface area contributed by atoms with Crippen LogP contribution in [0, 0.1) is 10.1 Å². The summed E-state index contributed by atoms with van der Waals surface area (Å²) in [7, 11) is 0. The lowest BCUT2D eigenvalue weighted by molar-refractivity contribution is -0.384. The summed E-state index contributed by atoms with van der Waals surface area (Å²) in [4.78, 5) is 21.1. The predicted molar refractivity (Wildman–Crippen MR) is 70.0 cm³/mol. The molecule has 96 valence electrons. The van der Waals surface area contributed by atoms with E-state index in [9.17, 15) is 14.9 Å². The number of non-ortho nitro benzene ring substituents is 1. The van der Waals surface area contributed by atoms with Crippen LogP contribution in [0.2, 0.25) is 5.02 Å². The van der Waals surface area contributed by atoms with Crippen LogP contribution in [0.3, 0.4) is 0 Å². The van der Waals surface area contributed by atoms with Crippen molar-refractivity contribution in [3.63, 3.8) is 0 Å². The third kappa shape index (κ3) is 2.89. The van der Waals surface area contributed by atoms with Gasteiger partial charge in [0.2, 0.25) is 0 Å². The molecule has 0 unspecified atom stereocenters. The van der Waals surface area contributed by atoms with Crippen molar-refractivity contribution in [2.45, 2.75) is 0 Å². The van der Waals surface area contributed by atoms with Crippen LogP contribution in [0.25, 0.3) is 0 Å². The largest absolute Gasteiger partial charge is 0.456 e. The van der Waals surface area contributed by atoms with Crippen LogP contribution in [-0.2, 0) is 0 Å². The molecule has 0 bridgehead atoms. The molecule has 19 heavy (non-hydrogen) atoms. The number of halogens is 1. The molecule has 5 nitrogen and oxygen atoms in total. The van der Waals surface area contributed by atoms with Gasteiger partial charge in [-0.15, -0.1) is 0 Å². The molecular weight excluding hydrogens is 270 g/mol. The van der Waals surface area contributed by atoms with Gasteiger partial charge in [0.25, 0.3) is 5.69 Å². The Labute approximate surface area is 113 Å². The summed E-state index contributed by atoms with van der Waals surface area (Å²) in [6.45, 7) is 0. The number of hydrogen-bond acceptors (Lipinski definition) is 4. The van der Waals surface area contributed by atoms with Gasteiger partial charge in [-0.2, -0.15) is 0 Å². The molecule has 0 fully saturated rings. The van der Waals surface area contributed by atoms with E-state index in [4.69, 9.17) is 16.3 Å². The minimum atomic E-state index is -0.522. The molecule has 0 N–H and O–H groups in total. The van der Waals surface area contributed by atoms with Crippen LogP contribution in [0.4, 0.5) is 5.69 Å². The lowest BCUT2D eigenvalue weighted by atomic mass is 10.2. The van der Waals surface area contributed by atoms with Crippen LogP contribution in [0.5, 0.6) is 11.5 Å². The monoisotopic (exact) mass is 277 g/mol. The molecule has 0 heterocycles. The summed E-state index contributed by atoms with van der Waals surface area (Å²) in [5, 5.41) is 10.9. The zero-order chi connectivity index (χ0) is 13.8. The van der Waals surface area contributed by atoms with Crippen molar-refractivity contribution in [2.24, 2.45) is 0 Å². The molecule has 0 aliphatic rings. The average Bonchev–Trinajstić information content (AvgIpc) is 2.39. The van der Waals surface area contributed by atoms with Gasteiger partial charge in [-0.1, -0.05) is 23.7 Å². The van der Waals surface area contributed by atoms with Crippen molar-refractivity contribution in [1.29, 1.82) is 0 Å². The summed E-state index contributed by atoms with van der Waals surface area (Å²) in [5.41, 5.74) is 0.114. The first-order valence-electron chi connectivity index (χ1n) is 5.28. The summed E-state index contributed by atoms with van der Waals surface area (Å²) in [6.07, 6.45) is 0.578. The summed E-state index contributed by atoms with van der Waals surface area (Å²) >= 11 is 5.86. The highest BCUT2D eigenvalue weighted by atomic mass is 35.5. The number of aldehydes is 1. The number of nitro groups is 1. The SMILES string of the molecule is O=Cc1c(Cl)cccc1Oc1cccc([N+](=O)[O-])c1. The number of carbonyl (C=O) groups excluding carboxylic acids is 1. The predicted octanol–water partition coefficient (Wildman–Crippen LogP) is 3.85. The molecular formula is C13H8ClNO4. The Bertz CT molecular complexity index is 642. The second kappa shape index (κ2) is 5.49. The lowest BCUT2D eigenvalue weighted by Gasteiger charge is -2.08. The molecule has 2 rings (SSSR count). The van der Waals surface area contributed by atoms with Gasteiger partial charge < -0.3 is 4.74 Å². The van der Waals surface area contributed by atoms with E-state index in [1.165, 1.54) is 18.2 Å². The van der Waals surface area contributed by atoms with Crippen molar-refractivity contribution in [1.82, 2.24) is 0 Å². The fourth-order valence-electron chi connectivity index (χ4n) is 1.51. The van der Waals surface area contributed by atoms with E-state index in [2.05, 4.69) is 0 Å². The van der Waals surface area contributed by atoms with Gasteiger partial charge in [0.15, 0.2) is 6.29 Å². The second-order valence-electron chi connectivity index (χ2n) is 3.63. The van der Waals surface area contributed by atoms with Crippen molar-refractivity contribution < 1.29 is 14.5 Å². The van der Waals surface area contributed by atoms with E-state index in [1.807, 2.05) is 0 Å². The molecule has 0 amide bonds. The Morgan fingerprint density at radius 1 is 1.21 bits per heavy atom. The first kappa shape index (κ1) is 13.0. The second-order valence-corrected chi connectivity index (χ2v) is 4.03. The maximum absolute atomic E-state index is 10.9. The Hall–Kier alpha value is -2.40. The van der Waals surface area contributed by atoms with Gasteiger partial charge in [-0.05, 0) is 18.2 Å². The summed E-state index contributed by atoms with van der Waals surface area (Å²) in [5.74, 6) is 0.516. The highest BCUT2D eigenvalue weighted by molar-refractivity contribution is 6.33. The smallest absolute Gasteiger partial charge is 0.273 e. The first-order valence-corrected chi connectivity index (χ1v) is 5.65. The molecule has 0 aliphatic heterocycles. The fraction of sp³-hybridized carbons (Fsp3) is 0. The third-order valence-electron chi connectivity index (χ3n) is 2.39. The van der Waals surface area contributed by atoms with E-state index < -0.39 is 4.92 Å². The Kier molecular flexibility index (Phi) is 3.77. The first-order chi connectivity index (χ1) is 9.11. The van der Waals surface area contributed by atoms with Gasteiger partial charge in [0.1, 0.15) is 11.5 Å². The van der Waals surface area contributed by atoms with Gasteiger partial charge in [0.05, 0.1) is 21.6 Å². The molecule has 0 saturated heterocycles. The van der Waals surface area contributed by atoms with Crippen molar-refractivity contribution in [2.75, 3.05) is 0 Å². The number of benzene rings is 2. The fourth-order valence-corrected chi connectivity index (χ4v) is 1.72. The zero-order valence-electron chi connectivity index (χ0n) is 9.58. The topological polar surface area (TPSA) is 69.4 Å². The minimum Gasteiger partial charge on any atom is -0.456 e. The van der Waals surface area contributed by atoms with Gasteiger partial charge in [0, 0.05) is 6.07 Å². The van der Waals surface area contributed by atoms with Gasteiger partial charge >= 0.3 is 0 Å². The standard InChI is InChI=1S/C13H8ClNO4/c14-12-5-2-6-13(11(12)8-16)19-10-4-1-3-9(7-10)15(17)18/h1-8H. The van der Waals surface area contributed by atoms with E-state index in [0.717, 1.165) is 0 Å². The average molecular weight is 278 g/mol. The van der Waals surface area contributed by atoms with Crippen LogP contribution in [-0.4, -0.2) is 11.2 Å². The summed E-state index contributed by atoms with van der Waals surface area (Å²) < 4.78 is 5.45. The van der Waals surface area contributed by atoms with Gasteiger partial charge in [-0.3, -0.25) is 14.9 Å². The van der Waals surface area contributed by atoms with E-state index >= 15 is 0 Å². The number of carbonyl (C=O) groups is 1. The van der Waals surface area contributed by atoms with E-state index in [0.29, 0.717) is 6.29 Å². The third-order valence-corrected chi connectivity index (χ3v) is 2.72.